The number of guanidine groups is 1. The third-order valence-electron chi connectivity index (χ3n) is 3.56. The largest absolute Gasteiger partial charge is 0.385 e. The predicted octanol–water partition coefficient (Wildman–Crippen LogP) is -0.242. The first-order valence-electron chi connectivity index (χ1n) is 8.10. The molecule has 0 bridgehead atoms. The van der Waals surface area contributed by atoms with Crippen molar-refractivity contribution in [3.8, 4) is 0 Å². The van der Waals surface area contributed by atoms with Gasteiger partial charge in [-0.05, 0) is 26.2 Å². The second-order valence-corrected chi connectivity index (χ2v) is 7.24. The lowest BCUT2D eigenvalue weighted by Gasteiger charge is -2.34. The fraction of sp³-hybridized carbons (Fsp3) is 0.929. The van der Waals surface area contributed by atoms with Crippen LogP contribution in [0, 0.1) is 0 Å². The van der Waals surface area contributed by atoms with E-state index in [1.165, 1.54) is 0 Å². The van der Waals surface area contributed by atoms with E-state index in [4.69, 9.17) is 14.6 Å². The van der Waals surface area contributed by atoms with E-state index < -0.39 is 10.0 Å². The maximum Gasteiger partial charge on any atom is 0.210 e. The number of methoxy groups -OCH3 is 1. The lowest BCUT2D eigenvalue weighted by Crippen LogP contribution is -2.47. The summed E-state index contributed by atoms with van der Waals surface area (Å²) in [7, 11) is -1.78. The molecule has 1 saturated heterocycles. The fourth-order valence-electron chi connectivity index (χ4n) is 2.39. The number of hydrogen-bond acceptors (Lipinski definition) is 5. The molecule has 0 saturated carbocycles. The highest BCUT2D eigenvalue weighted by Crippen LogP contribution is 2.14. The number of primary sulfonamides is 1. The molecule has 136 valence electrons. The number of aliphatic imine (C=N–C) groups is 1. The first kappa shape index (κ1) is 20.1. The van der Waals surface area contributed by atoms with E-state index in [1.54, 1.807) is 7.11 Å². The van der Waals surface area contributed by atoms with Gasteiger partial charge in [-0.1, -0.05) is 0 Å². The maximum absolute atomic E-state index is 11.0. The Labute approximate surface area is 139 Å². The van der Waals surface area contributed by atoms with E-state index in [0.717, 1.165) is 58.1 Å². The third-order valence-corrected chi connectivity index (χ3v) is 4.31. The van der Waals surface area contributed by atoms with Crippen molar-refractivity contribution >= 4 is 16.0 Å². The highest BCUT2D eigenvalue weighted by atomic mass is 32.2. The van der Waals surface area contributed by atoms with E-state index in [9.17, 15) is 8.42 Å². The van der Waals surface area contributed by atoms with E-state index in [1.807, 2.05) is 6.92 Å². The van der Waals surface area contributed by atoms with Crippen LogP contribution in [0.4, 0.5) is 0 Å². The summed E-state index contributed by atoms with van der Waals surface area (Å²) in [5.41, 5.74) is 0. The second kappa shape index (κ2) is 10.8. The van der Waals surface area contributed by atoms with Crippen molar-refractivity contribution in [3.05, 3.63) is 0 Å². The van der Waals surface area contributed by atoms with Crippen molar-refractivity contribution in [1.29, 1.82) is 0 Å². The Bertz CT molecular complexity index is 448. The lowest BCUT2D eigenvalue weighted by molar-refractivity contribution is 0.00991. The van der Waals surface area contributed by atoms with Gasteiger partial charge in [0, 0.05) is 40.0 Å². The van der Waals surface area contributed by atoms with Crippen LogP contribution in [0.5, 0.6) is 0 Å². The number of nitrogens with zero attached hydrogens (tertiary/aromatic N) is 2. The molecule has 0 aromatic heterocycles. The zero-order chi connectivity index (χ0) is 17.1. The van der Waals surface area contributed by atoms with E-state index in [0.29, 0.717) is 0 Å². The Hall–Kier alpha value is -0.900. The summed E-state index contributed by atoms with van der Waals surface area (Å²) in [5.74, 6) is 0.607. The van der Waals surface area contributed by atoms with Crippen molar-refractivity contribution < 1.29 is 17.9 Å². The zero-order valence-electron chi connectivity index (χ0n) is 14.2. The Balaban J connectivity index is 2.39. The van der Waals surface area contributed by atoms with Gasteiger partial charge in [0.1, 0.15) is 0 Å². The summed E-state index contributed by atoms with van der Waals surface area (Å²) in [5, 5.41) is 8.20. The number of sulfonamides is 1. The third kappa shape index (κ3) is 9.09. The van der Waals surface area contributed by atoms with Gasteiger partial charge < -0.3 is 19.7 Å². The van der Waals surface area contributed by atoms with Crippen LogP contribution in [-0.4, -0.2) is 77.6 Å². The molecule has 0 aromatic rings. The Kier molecular flexibility index (Phi) is 9.46. The molecular formula is C14H30N4O4S. The summed E-state index contributed by atoms with van der Waals surface area (Å²) in [6, 6.07) is 0. The molecule has 23 heavy (non-hydrogen) atoms. The standard InChI is InChI=1S/C14H30N4O4S/c1-3-16-14(17-7-12-23(15,19)20)18-8-5-13(6-9-18)22-11-4-10-21-2/h13H,3-12H2,1-2H3,(H,16,17)(H2,15,19,20). The minimum atomic E-state index is -3.47. The van der Waals surface area contributed by atoms with Gasteiger partial charge in [-0.3, -0.25) is 4.99 Å². The molecule has 1 rings (SSSR count). The first-order valence-corrected chi connectivity index (χ1v) is 9.82. The predicted molar refractivity (Wildman–Crippen MR) is 91.0 cm³/mol. The summed E-state index contributed by atoms with van der Waals surface area (Å²) >= 11 is 0. The molecule has 1 fully saturated rings. The van der Waals surface area contributed by atoms with Crippen LogP contribution in [0.25, 0.3) is 0 Å². The summed E-state index contributed by atoms with van der Waals surface area (Å²) in [6.45, 7) is 6.03. The molecule has 9 heteroatoms. The molecule has 0 atom stereocenters. The van der Waals surface area contributed by atoms with Crippen LogP contribution >= 0.6 is 0 Å². The maximum atomic E-state index is 11.0. The van der Waals surface area contributed by atoms with Gasteiger partial charge in [-0.25, -0.2) is 13.6 Å². The van der Waals surface area contributed by atoms with Gasteiger partial charge in [0.2, 0.25) is 10.0 Å². The van der Waals surface area contributed by atoms with Crippen molar-refractivity contribution in [2.45, 2.75) is 32.3 Å². The molecule has 1 aliphatic heterocycles. The van der Waals surface area contributed by atoms with Crippen LogP contribution in [0.1, 0.15) is 26.2 Å². The summed E-state index contributed by atoms with van der Waals surface area (Å²) < 4.78 is 32.8. The first-order chi connectivity index (χ1) is 11.0. The van der Waals surface area contributed by atoms with Gasteiger partial charge in [-0.15, -0.1) is 0 Å². The zero-order valence-corrected chi connectivity index (χ0v) is 15.0. The number of piperidine rings is 1. The van der Waals surface area contributed by atoms with Gasteiger partial charge in [0.15, 0.2) is 5.96 Å². The number of nitrogens with two attached hydrogens (primary N) is 1. The van der Waals surface area contributed by atoms with Gasteiger partial charge in [0.25, 0.3) is 0 Å². The number of likely N-dealkylation sites (tertiary alicyclic amines) is 1. The molecule has 0 aliphatic carbocycles. The molecule has 1 heterocycles. The van der Waals surface area contributed by atoms with Gasteiger partial charge >= 0.3 is 0 Å². The topological polar surface area (TPSA) is 106 Å². The molecule has 0 spiro atoms. The highest BCUT2D eigenvalue weighted by molar-refractivity contribution is 7.89. The van der Waals surface area contributed by atoms with Crippen molar-refractivity contribution in [1.82, 2.24) is 10.2 Å². The lowest BCUT2D eigenvalue weighted by atomic mass is 10.1. The van der Waals surface area contributed by atoms with E-state index >= 15 is 0 Å². The molecular weight excluding hydrogens is 320 g/mol. The van der Waals surface area contributed by atoms with Crippen molar-refractivity contribution in [3.63, 3.8) is 0 Å². The molecule has 0 radical (unpaired) electrons. The van der Waals surface area contributed by atoms with E-state index in [2.05, 4.69) is 15.2 Å². The van der Waals surface area contributed by atoms with Crippen LogP contribution in [0.2, 0.25) is 0 Å². The number of ether oxygens (including phenoxy) is 2. The normalized spacial score (nSPS) is 17.5. The van der Waals surface area contributed by atoms with Crippen LogP contribution in [0.15, 0.2) is 4.99 Å². The van der Waals surface area contributed by atoms with Crippen LogP contribution in [0.3, 0.4) is 0 Å². The molecule has 0 aromatic carbocycles. The van der Waals surface area contributed by atoms with Gasteiger partial charge in [0.05, 0.1) is 18.4 Å². The van der Waals surface area contributed by atoms with Crippen molar-refractivity contribution in [2.75, 3.05) is 52.3 Å². The van der Waals surface area contributed by atoms with E-state index in [-0.39, 0.29) is 18.4 Å². The monoisotopic (exact) mass is 350 g/mol. The van der Waals surface area contributed by atoms with Crippen LogP contribution in [-0.2, 0) is 19.5 Å². The fourth-order valence-corrected chi connectivity index (χ4v) is 2.74. The minimum absolute atomic E-state index is 0.138. The Morgan fingerprint density at radius 3 is 2.61 bits per heavy atom. The average molecular weight is 350 g/mol. The summed E-state index contributed by atoms with van der Waals surface area (Å²) in [4.78, 5) is 6.49. The second-order valence-electron chi connectivity index (χ2n) is 5.51. The molecule has 1 aliphatic rings. The minimum Gasteiger partial charge on any atom is -0.385 e. The van der Waals surface area contributed by atoms with Gasteiger partial charge in [-0.2, -0.15) is 0 Å². The summed E-state index contributed by atoms with van der Waals surface area (Å²) in [6.07, 6.45) is 3.06. The molecule has 8 nitrogen and oxygen atoms in total. The van der Waals surface area contributed by atoms with Crippen LogP contribution < -0.4 is 10.5 Å². The SMILES string of the molecule is CCNC(=NCCS(N)(=O)=O)N1CCC(OCCCOC)CC1. The number of rotatable bonds is 9. The molecule has 0 amide bonds. The molecule has 3 N–H and O–H groups in total. The number of nitrogens with one attached hydrogen (secondary N) is 1. The Morgan fingerprint density at radius 1 is 1.35 bits per heavy atom. The quantitative estimate of drug-likeness (QED) is 0.338. The average Bonchev–Trinajstić information content (AvgIpc) is 2.50. The Morgan fingerprint density at radius 2 is 2.04 bits per heavy atom. The number of hydrogen-bond donors (Lipinski definition) is 2. The molecule has 0 unspecified atom stereocenters. The highest BCUT2D eigenvalue weighted by Gasteiger charge is 2.21. The smallest absolute Gasteiger partial charge is 0.210 e. The van der Waals surface area contributed by atoms with Crippen molar-refractivity contribution in [2.24, 2.45) is 10.1 Å².